The lowest BCUT2D eigenvalue weighted by Gasteiger charge is -2.45. The van der Waals surface area contributed by atoms with Gasteiger partial charge in [-0.1, -0.05) is 55.0 Å². The number of fused-ring (bicyclic) bond motifs is 2. The van der Waals surface area contributed by atoms with Crippen molar-refractivity contribution in [2.75, 3.05) is 12.3 Å². The first-order valence-electron chi connectivity index (χ1n) is 12.3. The van der Waals surface area contributed by atoms with E-state index in [1.54, 1.807) is 0 Å². The SMILES string of the molecule is O=C(CCCC[C@@H]1SC[C@@H]2NC(=O)N[C@@H]21)NCC1CC2c3ccccc3C1c1ccccc12. The summed E-state index contributed by atoms with van der Waals surface area (Å²) in [5.41, 5.74) is 5.86. The molecule has 1 unspecified atom stereocenters. The van der Waals surface area contributed by atoms with E-state index in [0.29, 0.717) is 29.4 Å². The number of benzene rings is 2. The molecule has 0 saturated carbocycles. The van der Waals surface area contributed by atoms with Gasteiger partial charge in [0.05, 0.1) is 12.1 Å². The minimum absolute atomic E-state index is 0.0312. The molecule has 33 heavy (non-hydrogen) atoms. The largest absolute Gasteiger partial charge is 0.356 e. The second-order valence-electron chi connectivity index (χ2n) is 9.96. The van der Waals surface area contributed by atoms with E-state index in [2.05, 4.69) is 64.5 Å². The average molecular weight is 462 g/mol. The number of hydrogen-bond donors (Lipinski definition) is 3. The predicted octanol–water partition coefficient (Wildman–Crippen LogP) is 4.13. The van der Waals surface area contributed by atoms with E-state index < -0.39 is 0 Å². The highest BCUT2D eigenvalue weighted by molar-refractivity contribution is 8.00. The van der Waals surface area contributed by atoms with Crippen molar-refractivity contribution in [2.24, 2.45) is 5.92 Å². The zero-order chi connectivity index (χ0) is 22.4. The van der Waals surface area contributed by atoms with Crippen LogP contribution in [0.5, 0.6) is 0 Å². The third kappa shape index (κ3) is 3.82. The van der Waals surface area contributed by atoms with E-state index in [1.165, 1.54) is 22.3 Å². The molecular formula is C27H31N3O2S. The number of rotatable bonds is 7. The van der Waals surface area contributed by atoms with Gasteiger partial charge in [-0.25, -0.2) is 4.79 Å². The van der Waals surface area contributed by atoms with E-state index in [9.17, 15) is 9.59 Å². The molecule has 172 valence electrons. The van der Waals surface area contributed by atoms with Gasteiger partial charge >= 0.3 is 6.03 Å². The lowest BCUT2D eigenvalue weighted by molar-refractivity contribution is -0.121. The number of nitrogens with one attached hydrogen (secondary N) is 3. The molecule has 2 aliphatic heterocycles. The maximum atomic E-state index is 12.6. The van der Waals surface area contributed by atoms with Gasteiger partial charge in [0, 0.05) is 35.8 Å². The number of unbranched alkanes of at least 4 members (excludes halogenated alkanes) is 1. The van der Waals surface area contributed by atoms with Crippen molar-refractivity contribution in [3.63, 3.8) is 0 Å². The predicted molar refractivity (Wildman–Crippen MR) is 132 cm³/mol. The van der Waals surface area contributed by atoms with Crippen molar-refractivity contribution in [3.8, 4) is 0 Å². The topological polar surface area (TPSA) is 70.2 Å². The van der Waals surface area contributed by atoms with E-state index in [0.717, 1.165) is 38.0 Å². The summed E-state index contributed by atoms with van der Waals surface area (Å²) in [5, 5.41) is 9.77. The van der Waals surface area contributed by atoms with Crippen molar-refractivity contribution >= 4 is 23.7 Å². The Morgan fingerprint density at radius 1 is 0.970 bits per heavy atom. The second-order valence-corrected chi connectivity index (χ2v) is 11.2. The first kappa shape index (κ1) is 21.1. The minimum Gasteiger partial charge on any atom is -0.356 e. The monoisotopic (exact) mass is 461 g/mol. The van der Waals surface area contributed by atoms with Crippen molar-refractivity contribution in [2.45, 2.75) is 61.3 Å². The van der Waals surface area contributed by atoms with Gasteiger partial charge in [-0.2, -0.15) is 11.8 Å². The molecule has 5 aliphatic rings. The molecule has 7 rings (SSSR count). The molecule has 4 atom stereocenters. The molecule has 2 aromatic carbocycles. The molecule has 6 heteroatoms. The van der Waals surface area contributed by atoms with Crippen LogP contribution in [0, 0.1) is 5.92 Å². The molecule has 0 spiro atoms. The third-order valence-electron chi connectivity index (χ3n) is 8.06. The first-order valence-corrected chi connectivity index (χ1v) is 13.4. The highest BCUT2D eigenvalue weighted by Crippen LogP contribution is 2.55. The van der Waals surface area contributed by atoms with Crippen LogP contribution in [0.25, 0.3) is 0 Å². The van der Waals surface area contributed by atoms with Crippen LogP contribution in [0.2, 0.25) is 0 Å². The molecule has 2 heterocycles. The Hall–Kier alpha value is -2.47. The molecule has 3 amide bonds. The van der Waals surface area contributed by atoms with Crippen molar-refractivity contribution in [1.29, 1.82) is 0 Å². The number of hydrogen-bond acceptors (Lipinski definition) is 3. The van der Waals surface area contributed by atoms with Crippen LogP contribution in [0.3, 0.4) is 0 Å². The van der Waals surface area contributed by atoms with Crippen molar-refractivity contribution in [3.05, 3.63) is 70.8 Å². The molecule has 0 radical (unpaired) electrons. The van der Waals surface area contributed by atoms with Crippen LogP contribution in [0.15, 0.2) is 48.5 Å². The molecule has 2 saturated heterocycles. The number of carbonyl (C=O) groups excluding carboxylic acids is 2. The maximum Gasteiger partial charge on any atom is 0.315 e. The third-order valence-corrected chi connectivity index (χ3v) is 9.57. The first-order chi connectivity index (χ1) is 16.2. The zero-order valence-corrected chi connectivity index (χ0v) is 19.6. The summed E-state index contributed by atoms with van der Waals surface area (Å²) >= 11 is 1.94. The molecule has 2 fully saturated rings. The Morgan fingerprint density at radius 2 is 1.67 bits per heavy atom. The van der Waals surface area contributed by atoms with Crippen LogP contribution in [0.4, 0.5) is 4.79 Å². The molecule has 0 aromatic heterocycles. The zero-order valence-electron chi connectivity index (χ0n) is 18.8. The number of amides is 3. The standard InChI is InChI=1S/C27H31N3O2S/c31-24(12-6-5-11-23-26-22(15-33-23)29-27(32)30-26)28-14-16-13-21-17-7-1-3-9-19(17)25(16)20-10-4-2-8-18(20)21/h1-4,7-10,16,21-23,25-26H,5-6,11-15H2,(H,28,31)(H2,29,30,32)/t16?,21?,22-,23-,25?,26-/m0/s1. The van der Waals surface area contributed by atoms with Gasteiger partial charge < -0.3 is 16.0 Å². The van der Waals surface area contributed by atoms with Crippen LogP contribution in [0.1, 0.15) is 66.2 Å². The summed E-state index contributed by atoms with van der Waals surface area (Å²) in [6, 6.07) is 18.2. The Bertz CT molecular complexity index is 1030. The Labute approximate surface area is 199 Å². The van der Waals surface area contributed by atoms with E-state index in [4.69, 9.17) is 0 Å². The van der Waals surface area contributed by atoms with Crippen molar-refractivity contribution < 1.29 is 9.59 Å². The van der Waals surface area contributed by atoms with E-state index in [-0.39, 0.29) is 24.0 Å². The molecular weight excluding hydrogens is 430 g/mol. The lowest BCUT2D eigenvalue weighted by atomic mass is 9.59. The number of carbonyl (C=O) groups is 2. The molecule has 3 N–H and O–H groups in total. The summed E-state index contributed by atoms with van der Waals surface area (Å²) in [4.78, 5) is 24.1. The smallest absolute Gasteiger partial charge is 0.315 e. The summed E-state index contributed by atoms with van der Waals surface area (Å²) in [7, 11) is 0. The summed E-state index contributed by atoms with van der Waals surface area (Å²) < 4.78 is 0. The number of urea groups is 1. The Balaban J connectivity index is 1.01. The number of thioether (sulfide) groups is 1. The summed E-state index contributed by atoms with van der Waals surface area (Å²) in [6.45, 7) is 0.753. The maximum absolute atomic E-state index is 12.6. The highest BCUT2D eigenvalue weighted by atomic mass is 32.2. The Morgan fingerprint density at radius 3 is 2.39 bits per heavy atom. The van der Waals surface area contributed by atoms with Gasteiger partial charge in [0.15, 0.2) is 0 Å². The average Bonchev–Trinajstić information content (AvgIpc) is 3.40. The Kier molecular flexibility index (Phi) is 5.57. The molecule has 2 aromatic rings. The minimum atomic E-state index is -0.0312. The van der Waals surface area contributed by atoms with Crippen LogP contribution >= 0.6 is 11.8 Å². The molecule has 2 bridgehead atoms. The van der Waals surface area contributed by atoms with Crippen LogP contribution < -0.4 is 16.0 Å². The highest BCUT2D eigenvalue weighted by Gasteiger charge is 2.43. The van der Waals surface area contributed by atoms with E-state index >= 15 is 0 Å². The molecule has 3 aliphatic carbocycles. The molecule has 5 nitrogen and oxygen atoms in total. The fourth-order valence-corrected chi connectivity index (χ4v) is 8.11. The van der Waals surface area contributed by atoms with Crippen LogP contribution in [-0.2, 0) is 4.79 Å². The second kappa shape index (κ2) is 8.71. The van der Waals surface area contributed by atoms with Gasteiger partial charge in [-0.15, -0.1) is 0 Å². The fraction of sp³-hybridized carbons (Fsp3) is 0.481. The van der Waals surface area contributed by atoms with Gasteiger partial charge in [-0.05, 0) is 47.4 Å². The van der Waals surface area contributed by atoms with Gasteiger partial charge in [0.1, 0.15) is 0 Å². The normalized spacial score (nSPS) is 30.7. The quantitative estimate of drug-likeness (QED) is 0.429. The van der Waals surface area contributed by atoms with Crippen LogP contribution in [-0.4, -0.2) is 41.6 Å². The summed E-state index contributed by atoms with van der Waals surface area (Å²) in [6.07, 6.45) is 4.69. The summed E-state index contributed by atoms with van der Waals surface area (Å²) in [5.74, 6) is 2.44. The van der Waals surface area contributed by atoms with E-state index in [1.807, 2.05) is 11.8 Å². The van der Waals surface area contributed by atoms with Gasteiger partial charge in [-0.3, -0.25) is 4.79 Å². The lowest BCUT2D eigenvalue weighted by Crippen LogP contribution is -2.39. The van der Waals surface area contributed by atoms with Gasteiger partial charge in [0.2, 0.25) is 5.91 Å². The van der Waals surface area contributed by atoms with Crippen molar-refractivity contribution in [1.82, 2.24) is 16.0 Å². The fourth-order valence-electron chi connectivity index (χ4n) is 6.57. The van der Waals surface area contributed by atoms with Gasteiger partial charge in [0.25, 0.3) is 0 Å².